The number of halogens is 1. The number of nitro benzene ring substituents is 1. The molecule has 19 heavy (non-hydrogen) atoms. The highest BCUT2D eigenvalue weighted by molar-refractivity contribution is 7.99. The van der Waals surface area contributed by atoms with Crippen LogP contribution in [0.1, 0.15) is 23.2 Å². The summed E-state index contributed by atoms with van der Waals surface area (Å²) in [5.41, 5.74) is 0.168. The van der Waals surface area contributed by atoms with Gasteiger partial charge >= 0.3 is 0 Å². The quantitative estimate of drug-likeness (QED) is 0.688. The molecule has 1 amide bonds. The minimum absolute atomic E-state index is 0.0168. The van der Waals surface area contributed by atoms with Crippen molar-refractivity contribution in [1.29, 1.82) is 0 Å². The summed E-state index contributed by atoms with van der Waals surface area (Å²) < 4.78 is 0. The van der Waals surface area contributed by atoms with Crippen LogP contribution in [0, 0.1) is 10.1 Å². The lowest BCUT2D eigenvalue weighted by molar-refractivity contribution is -0.384. The van der Waals surface area contributed by atoms with Gasteiger partial charge in [0, 0.05) is 17.7 Å². The van der Waals surface area contributed by atoms with Crippen LogP contribution in [0.4, 0.5) is 5.69 Å². The number of nitrogens with one attached hydrogen (secondary N) is 1. The molecule has 1 aliphatic rings. The van der Waals surface area contributed by atoms with Crippen LogP contribution in [-0.4, -0.2) is 28.4 Å². The van der Waals surface area contributed by atoms with E-state index in [0.717, 1.165) is 24.3 Å². The first kappa shape index (κ1) is 14.1. The summed E-state index contributed by atoms with van der Waals surface area (Å²) >= 11 is 7.67. The van der Waals surface area contributed by atoms with Crippen molar-refractivity contribution in [3.63, 3.8) is 0 Å². The maximum atomic E-state index is 12.0. The van der Waals surface area contributed by atoms with Gasteiger partial charge in [0.1, 0.15) is 5.02 Å². The van der Waals surface area contributed by atoms with E-state index < -0.39 is 4.92 Å². The number of thioether (sulfide) groups is 1. The number of carbonyl (C=O) groups is 1. The van der Waals surface area contributed by atoms with Gasteiger partial charge in [0.15, 0.2) is 0 Å². The molecule has 1 aromatic carbocycles. The molecule has 2 rings (SSSR count). The smallest absolute Gasteiger partial charge is 0.287 e. The summed E-state index contributed by atoms with van der Waals surface area (Å²) in [6.07, 6.45) is 1.91. The zero-order valence-electron chi connectivity index (χ0n) is 10.1. The lowest BCUT2D eigenvalue weighted by Crippen LogP contribution is -2.37. The van der Waals surface area contributed by atoms with Crippen LogP contribution in [-0.2, 0) is 0 Å². The van der Waals surface area contributed by atoms with E-state index in [-0.39, 0.29) is 22.7 Å². The van der Waals surface area contributed by atoms with Gasteiger partial charge in [-0.05, 0) is 36.5 Å². The van der Waals surface area contributed by atoms with Crippen molar-refractivity contribution in [3.8, 4) is 0 Å². The molecule has 0 spiro atoms. The maximum absolute atomic E-state index is 12.0. The Bertz CT molecular complexity index is 504. The fourth-order valence-electron chi connectivity index (χ4n) is 1.91. The molecule has 1 fully saturated rings. The van der Waals surface area contributed by atoms with E-state index in [0.29, 0.717) is 5.56 Å². The summed E-state index contributed by atoms with van der Waals surface area (Å²) in [6, 6.07) is 4.21. The normalized spacial score (nSPS) is 16.1. The lowest BCUT2D eigenvalue weighted by Gasteiger charge is -2.22. The second-order valence-corrected chi connectivity index (χ2v) is 5.92. The number of hydrogen-bond acceptors (Lipinski definition) is 4. The molecule has 0 atom stereocenters. The van der Waals surface area contributed by atoms with Gasteiger partial charge in [-0.2, -0.15) is 11.8 Å². The molecule has 0 aliphatic carbocycles. The zero-order valence-corrected chi connectivity index (χ0v) is 11.7. The van der Waals surface area contributed by atoms with Gasteiger partial charge in [0.25, 0.3) is 11.6 Å². The van der Waals surface area contributed by atoms with Crippen LogP contribution in [0.15, 0.2) is 18.2 Å². The monoisotopic (exact) mass is 300 g/mol. The molecule has 5 nitrogen and oxygen atoms in total. The molecule has 1 N–H and O–H groups in total. The van der Waals surface area contributed by atoms with Gasteiger partial charge in [-0.25, -0.2) is 0 Å². The van der Waals surface area contributed by atoms with E-state index in [2.05, 4.69) is 5.32 Å². The highest BCUT2D eigenvalue weighted by atomic mass is 35.5. The number of nitro groups is 1. The number of hydrogen-bond donors (Lipinski definition) is 1. The summed E-state index contributed by atoms with van der Waals surface area (Å²) in [5.74, 6) is 1.87. The molecule has 0 unspecified atom stereocenters. The molecule has 1 heterocycles. The molecule has 1 aromatic rings. The summed E-state index contributed by atoms with van der Waals surface area (Å²) in [5, 5.41) is 13.6. The predicted molar refractivity (Wildman–Crippen MR) is 75.9 cm³/mol. The molecule has 0 bridgehead atoms. The first-order valence-electron chi connectivity index (χ1n) is 5.90. The Labute approximate surface area is 119 Å². The first-order valence-corrected chi connectivity index (χ1v) is 7.44. The van der Waals surface area contributed by atoms with E-state index in [4.69, 9.17) is 11.6 Å². The molecular weight excluding hydrogens is 288 g/mol. The van der Waals surface area contributed by atoms with Gasteiger partial charge in [-0.1, -0.05) is 11.6 Å². The zero-order chi connectivity index (χ0) is 13.8. The molecule has 0 radical (unpaired) electrons. The third kappa shape index (κ3) is 3.61. The van der Waals surface area contributed by atoms with Crippen molar-refractivity contribution in [3.05, 3.63) is 38.9 Å². The minimum atomic E-state index is -0.567. The number of benzene rings is 1. The SMILES string of the molecule is O=C(NC1CCSCC1)c1ccc([N+](=O)[O-])c(Cl)c1. The third-order valence-electron chi connectivity index (χ3n) is 2.96. The van der Waals surface area contributed by atoms with Crippen LogP contribution >= 0.6 is 23.4 Å². The fourth-order valence-corrected chi connectivity index (χ4v) is 3.26. The van der Waals surface area contributed by atoms with E-state index in [9.17, 15) is 14.9 Å². The number of amides is 1. The second kappa shape index (κ2) is 6.25. The van der Waals surface area contributed by atoms with Gasteiger partial charge in [0.05, 0.1) is 4.92 Å². The molecule has 1 aliphatic heterocycles. The van der Waals surface area contributed by atoms with E-state index in [1.165, 1.54) is 18.2 Å². The Hall–Kier alpha value is -1.27. The topological polar surface area (TPSA) is 72.2 Å². The van der Waals surface area contributed by atoms with Crippen molar-refractivity contribution >= 4 is 35.0 Å². The highest BCUT2D eigenvalue weighted by Gasteiger charge is 2.19. The molecular formula is C12H13ClN2O3S. The summed E-state index contributed by atoms with van der Waals surface area (Å²) in [6.45, 7) is 0. The van der Waals surface area contributed by atoms with Crippen molar-refractivity contribution in [1.82, 2.24) is 5.32 Å². The Morgan fingerprint density at radius 3 is 2.68 bits per heavy atom. The number of rotatable bonds is 3. The Morgan fingerprint density at radius 1 is 1.42 bits per heavy atom. The Kier molecular flexibility index (Phi) is 4.66. The second-order valence-electron chi connectivity index (χ2n) is 4.28. The minimum Gasteiger partial charge on any atom is -0.349 e. The molecule has 1 saturated heterocycles. The Balaban J connectivity index is 2.06. The predicted octanol–water partition coefficient (Wildman–Crippen LogP) is 2.87. The van der Waals surface area contributed by atoms with E-state index in [1.807, 2.05) is 11.8 Å². The van der Waals surface area contributed by atoms with Gasteiger partial charge in [-0.3, -0.25) is 14.9 Å². The third-order valence-corrected chi connectivity index (χ3v) is 4.31. The van der Waals surface area contributed by atoms with Crippen LogP contribution in [0.5, 0.6) is 0 Å². The maximum Gasteiger partial charge on any atom is 0.287 e. The fraction of sp³-hybridized carbons (Fsp3) is 0.417. The number of carbonyl (C=O) groups excluding carboxylic acids is 1. The van der Waals surface area contributed by atoms with Crippen molar-refractivity contribution in [2.24, 2.45) is 0 Å². The van der Waals surface area contributed by atoms with E-state index >= 15 is 0 Å². The standard InChI is InChI=1S/C12H13ClN2O3S/c13-10-7-8(1-2-11(10)15(17)18)12(16)14-9-3-5-19-6-4-9/h1-2,7,9H,3-6H2,(H,14,16). The molecule has 0 aromatic heterocycles. The summed E-state index contributed by atoms with van der Waals surface area (Å²) in [4.78, 5) is 22.1. The average Bonchev–Trinajstić information content (AvgIpc) is 2.39. The molecule has 7 heteroatoms. The summed E-state index contributed by atoms with van der Waals surface area (Å²) in [7, 11) is 0. The largest absolute Gasteiger partial charge is 0.349 e. The van der Waals surface area contributed by atoms with Crippen LogP contribution in [0.25, 0.3) is 0 Å². The lowest BCUT2D eigenvalue weighted by atomic mass is 10.1. The van der Waals surface area contributed by atoms with Gasteiger partial charge < -0.3 is 5.32 Å². The van der Waals surface area contributed by atoms with Gasteiger partial charge in [-0.15, -0.1) is 0 Å². The van der Waals surface area contributed by atoms with Crippen molar-refractivity contribution in [2.45, 2.75) is 18.9 Å². The van der Waals surface area contributed by atoms with Crippen LogP contribution < -0.4 is 5.32 Å². The average molecular weight is 301 g/mol. The van der Waals surface area contributed by atoms with Crippen molar-refractivity contribution < 1.29 is 9.72 Å². The van der Waals surface area contributed by atoms with Gasteiger partial charge in [0.2, 0.25) is 0 Å². The van der Waals surface area contributed by atoms with Crippen molar-refractivity contribution in [2.75, 3.05) is 11.5 Å². The number of nitrogens with zero attached hydrogens (tertiary/aromatic N) is 1. The van der Waals surface area contributed by atoms with Crippen LogP contribution in [0.2, 0.25) is 5.02 Å². The Morgan fingerprint density at radius 2 is 2.11 bits per heavy atom. The van der Waals surface area contributed by atoms with E-state index in [1.54, 1.807) is 0 Å². The van der Waals surface area contributed by atoms with Crippen LogP contribution in [0.3, 0.4) is 0 Å². The molecule has 0 saturated carbocycles. The highest BCUT2D eigenvalue weighted by Crippen LogP contribution is 2.25. The first-order chi connectivity index (χ1) is 9.08. The molecule has 102 valence electrons.